The van der Waals surface area contributed by atoms with E-state index in [-0.39, 0.29) is 16.9 Å². The molecule has 2 aromatic rings. The van der Waals surface area contributed by atoms with Gasteiger partial charge in [-0.3, -0.25) is 4.79 Å². The lowest BCUT2D eigenvalue weighted by Gasteiger charge is -2.14. The number of aromatic carboxylic acids is 1. The van der Waals surface area contributed by atoms with Gasteiger partial charge < -0.3 is 14.9 Å². The fraction of sp³-hybridized carbons (Fsp3) is 0.222. The van der Waals surface area contributed by atoms with Crippen molar-refractivity contribution >= 4 is 11.9 Å². The molecule has 26 heavy (non-hydrogen) atoms. The summed E-state index contributed by atoms with van der Waals surface area (Å²) in [5.41, 5.74) is -0.955. The summed E-state index contributed by atoms with van der Waals surface area (Å²) in [7, 11) is 0. The first kappa shape index (κ1) is 19.3. The van der Waals surface area contributed by atoms with Crippen molar-refractivity contribution in [2.75, 3.05) is 0 Å². The number of ether oxygens (including phenoxy) is 1. The molecule has 0 aliphatic carbocycles. The van der Waals surface area contributed by atoms with E-state index in [0.29, 0.717) is 11.6 Å². The summed E-state index contributed by atoms with van der Waals surface area (Å²) >= 11 is 0. The van der Waals surface area contributed by atoms with Crippen LogP contribution in [0.4, 0.5) is 13.2 Å². The second kappa shape index (κ2) is 7.47. The molecule has 2 N–H and O–H groups in total. The average Bonchev–Trinajstić information content (AvgIpc) is 2.58. The molecular weight excluding hydrogens is 353 g/mol. The second-order valence-corrected chi connectivity index (χ2v) is 5.60. The van der Waals surface area contributed by atoms with Crippen LogP contribution in [0.3, 0.4) is 0 Å². The van der Waals surface area contributed by atoms with Crippen LogP contribution < -0.4 is 4.74 Å². The molecule has 0 radical (unpaired) electrons. The summed E-state index contributed by atoms with van der Waals surface area (Å²) in [6.07, 6.45) is -4.61. The van der Waals surface area contributed by atoms with Gasteiger partial charge in [0.1, 0.15) is 12.4 Å². The maximum atomic E-state index is 12.8. The van der Waals surface area contributed by atoms with Gasteiger partial charge in [-0.15, -0.1) is 0 Å². The summed E-state index contributed by atoms with van der Waals surface area (Å²) in [6.45, 7) is 1.08. The van der Waals surface area contributed by atoms with Crippen molar-refractivity contribution in [2.45, 2.75) is 25.6 Å². The van der Waals surface area contributed by atoms with Crippen LogP contribution in [0.25, 0.3) is 0 Å². The zero-order chi connectivity index (χ0) is 19.5. The molecule has 1 atom stereocenters. The summed E-state index contributed by atoms with van der Waals surface area (Å²) in [5, 5.41) is 18.2. The summed E-state index contributed by atoms with van der Waals surface area (Å²) in [4.78, 5) is 22.2. The topological polar surface area (TPSA) is 83.8 Å². The Morgan fingerprint density at radius 3 is 2.38 bits per heavy atom. The van der Waals surface area contributed by atoms with Gasteiger partial charge in [0.05, 0.1) is 17.0 Å². The first-order chi connectivity index (χ1) is 12.1. The van der Waals surface area contributed by atoms with Gasteiger partial charge in [-0.05, 0) is 42.8 Å². The summed E-state index contributed by atoms with van der Waals surface area (Å²) < 4.78 is 43.9. The third-order valence-electron chi connectivity index (χ3n) is 3.79. The van der Waals surface area contributed by atoms with Gasteiger partial charge in [-0.25, -0.2) is 4.79 Å². The molecule has 1 unspecified atom stereocenters. The van der Waals surface area contributed by atoms with E-state index in [4.69, 9.17) is 14.9 Å². The van der Waals surface area contributed by atoms with E-state index in [0.717, 1.165) is 12.1 Å². The molecule has 0 aliphatic rings. The highest BCUT2D eigenvalue weighted by atomic mass is 19.4. The molecule has 0 spiro atoms. The number of carboxylic acids is 2. The SMILES string of the molecule is CC(C(=O)O)c1cccc(OCc2cc(C(F)(F)F)ccc2C(=O)O)c1. The highest BCUT2D eigenvalue weighted by Gasteiger charge is 2.31. The van der Waals surface area contributed by atoms with Crippen molar-refractivity contribution in [3.05, 3.63) is 64.7 Å². The Labute approximate surface area is 146 Å². The molecule has 0 fully saturated rings. The first-order valence-electron chi connectivity index (χ1n) is 7.48. The number of rotatable bonds is 6. The van der Waals surface area contributed by atoms with Gasteiger partial charge in [0, 0.05) is 5.56 Å². The zero-order valence-corrected chi connectivity index (χ0v) is 13.6. The van der Waals surface area contributed by atoms with Crippen molar-refractivity contribution < 1.29 is 37.7 Å². The van der Waals surface area contributed by atoms with Crippen molar-refractivity contribution in [1.29, 1.82) is 0 Å². The lowest BCUT2D eigenvalue weighted by atomic mass is 10.0. The van der Waals surface area contributed by atoms with E-state index < -0.39 is 36.2 Å². The largest absolute Gasteiger partial charge is 0.489 e. The molecule has 138 valence electrons. The van der Waals surface area contributed by atoms with E-state index in [9.17, 15) is 22.8 Å². The van der Waals surface area contributed by atoms with Crippen LogP contribution in [0.5, 0.6) is 5.75 Å². The molecule has 0 saturated heterocycles. The normalized spacial score (nSPS) is 12.5. The van der Waals surface area contributed by atoms with Crippen LogP contribution in [0.15, 0.2) is 42.5 Å². The average molecular weight is 368 g/mol. The Bertz CT molecular complexity index is 830. The van der Waals surface area contributed by atoms with E-state index in [2.05, 4.69) is 0 Å². The fourth-order valence-electron chi connectivity index (χ4n) is 2.28. The van der Waals surface area contributed by atoms with Gasteiger partial charge >= 0.3 is 18.1 Å². The number of alkyl halides is 3. The lowest BCUT2D eigenvalue weighted by molar-refractivity contribution is -0.138. The van der Waals surface area contributed by atoms with Crippen LogP contribution in [0.1, 0.15) is 39.9 Å². The fourth-order valence-corrected chi connectivity index (χ4v) is 2.28. The van der Waals surface area contributed by atoms with Crippen molar-refractivity contribution in [2.24, 2.45) is 0 Å². The van der Waals surface area contributed by atoms with Crippen molar-refractivity contribution in [1.82, 2.24) is 0 Å². The maximum absolute atomic E-state index is 12.8. The monoisotopic (exact) mass is 368 g/mol. The van der Waals surface area contributed by atoms with Crippen LogP contribution in [0.2, 0.25) is 0 Å². The lowest BCUT2D eigenvalue weighted by Crippen LogP contribution is -2.11. The van der Waals surface area contributed by atoms with Gasteiger partial charge in [0.25, 0.3) is 0 Å². The minimum Gasteiger partial charge on any atom is -0.489 e. The number of halogens is 3. The van der Waals surface area contributed by atoms with E-state index in [1.807, 2.05) is 0 Å². The van der Waals surface area contributed by atoms with E-state index >= 15 is 0 Å². The third kappa shape index (κ3) is 4.53. The molecule has 5 nitrogen and oxygen atoms in total. The standard InChI is InChI=1S/C18H15F3O5/c1-10(16(22)23)11-3-2-4-14(8-11)26-9-12-7-13(18(19,20)21)5-6-15(12)17(24)25/h2-8,10H,9H2,1H3,(H,22,23)(H,24,25). The second-order valence-electron chi connectivity index (χ2n) is 5.60. The molecule has 2 rings (SSSR count). The Kier molecular flexibility index (Phi) is 5.54. The van der Waals surface area contributed by atoms with Crippen LogP contribution in [0, 0.1) is 0 Å². The van der Waals surface area contributed by atoms with Gasteiger partial charge in [0.2, 0.25) is 0 Å². The number of hydrogen-bond donors (Lipinski definition) is 2. The molecule has 0 amide bonds. The molecule has 0 aromatic heterocycles. The minimum atomic E-state index is -4.61. The highest BCUT2D eigenvalue weighted by Crippen LogP contribution is 2.31. The van der Waals surface area contributed by atoms with E-state index in [1.54, 1.807) is 12.1 Å². The van der Waals surface area contributed by atoms with E-state index in [1.165, 1.54) is 19.1 Å². The molecule has 8 heteroatoms. The molecule has 0 bridgehead atoms. The van der Waals surface area contributed by atoms with Gasteiger partial charge in [-0.1, -0.05) is 12.1 Å². The number of carboxylic acid groups (broad SMARTS) is 2. The van der Waals surface area contributed by atoms with Crippen LogP contribution in [-0.4, -0.2) is 22.2 Å². The minimum absolute atomic E-state index is 0.135. The predicted octanol–water partition coefficient (Wildman–Crippen LogP) is 4.17. The maximum Gasteiger partial charge on any atom is 0.416 e. The van der Waals surface area contributed by atoms with Crippen LogP contribution >= 0.6 is 0 Å². The number of aliphatic carboxylic acids is 1. The molecule has 0 saturated carbocycles. The van der Waals surface area contributed by atoms with Crippen molar-refractivity contribution in [3.8, 4) is 5.75 Å². The van der Waals surface area contributed by atoms with Crippen molar-refractivity contribution in [3.63, 3.8) is 0 Å². The third-order valence-corrected chi connectivity index (χ3v) is 3.79. The number of carbonyl (C=O) groups is 2. The first-order valence-corrected chi connectivity index (χ1v) is 7.48. The van der Waals surface area contributed by atoms with Gasteiger partial charge in [-0.2, -0.15) is 13.2 Å². The Morgan fingerprint density at radius 2 is 1.81 bits per heavy atom. The highest BCUT2D eigenvalue weighted by molar-refractivity contribution is 5.89. The summed E-state index contributed by atoms with van der Waals surface area (Å²) in [5.74, 6) is -2.97. The predicted molar refractivity (Wildman–Crippen MR) is 85.2 cm³/mol. The number of benzene rings is 2. The molecule has 0 aliphatic heterocycles. The zero-order valence-electron chi connectivity index (χ0n) is 13.6. The van der Waals surface area contributed by atoms with Crippen LogP contribution in [-0.2, 0) is 17.6 Å². The Balaban J connectivity index is 2.27. The molecule has 2 aromatic carbocycles. The van der Waals surface area contributed by atoms with Gasteiger partial charge in [0.15, 0.2) is 0 Å². The Hall–Kier alpha value is -3.03. The summed E-state index contributed by atoms with van der Waals surface area (Å²) in [6, 6.07) is 8.40. The molecule has 0 heterocycles. The number of hydrogen-bond acceptors (Lipinski definition) is 3. The molecular formula is C18H15F3O5. The Morgan fingerprint density at radius 1 is 1.12 bits per heavy atom. The quantitative estimate of drug-likeness (QED) is 0.799. The smallest absolute Gasteiger partial charge is 0.416 e.